The fourth-order valence-corrected chi connectivity index (χ4v) is 10.9. The zero-order valence-corrected chi connectivity index (χ0v) is 35.3. The molecule has 7 heterocycles. The van der Waals surface area contributed by atoms with Crippen molar-refractivity contribution in [2.75, 3.05) is 23.7 Å². The summed E-state index contributed by atoms with van der Waals surface area (Å²) in [7, 11) is -4.60. The number of carbonyl (C=O) groups is 3. The van der Waals surface area contributed by atoms with Gasteiger partial charge in [0.25, 0.3) is 11.8 Å². The maximum absolute atomic E-state index is 12.5. The van der Waals surface area contributed by atoms with Crippen molar-refractivity contribution >= 4 is 50.3 Å². The van der Waals surface area contributed by atoms with Gasteiger partial charge in [0.15, 0.2) is 5.54 Å². The molecular formula is C45H51N5O8S. The number of imidazole rings is 1. The van der Waals surface area contributed by atoms with E-state index in [1.54, 1.807) is 6.20 Å². The molecule has 2 aromatic carbocycles. The number of carbonyl (C=O) groups excluding carboxylic acids is 3. The Morgan fingerprint density at radius 3 is 2.44 bits per heavy atom. The van der Waals surface area contributed by atoms with Gasteiger partial charge >= 0.3 is 5.97 Å². The SMILES string of the molecule is CCC1=CC(C)(C)[N+]2=c3c1cc1c(c3CCC2)Oc2c(cc3c4c2CCCN4C(C)(C)C=C3CS(=O)(=O)[O-])C=1c1nccn1CCCCCC(=O)ON1C(=O)CCC1=O. The topological polar surface area (TPSA) is 154 Å². The van der Waals surface area contributed by atoms with Gasteiger partial charge in [0.05, 0.1) is 38.2 Å². The minimum absolute atomic E-state index is 0.0522. The molecule has 1 aromatic heterocycles. The van der Waals surface area contributed by atoms with Crippen LogP contribution in [0.1, 0.15) is 126 Å². The van der Waals surface area contributed by atoms with Crippen LogP contribution in [0.15, 0.2) is 36.7 Å². The largest absolute Gasteiger partial charge is 0.748 e. The van der Waals surface area contributed by atoms with Crippen molar-refractivity contribution in [2.24, 2.45) is 0 Å². The zero-order chi connectivity index (χ0) is 41.6. The predicted molar refractivity (Wildman–Crippen MR) is 221 cm³/mol. The van der Waals surface area contributed by atoms with Gasteiger partial charge in [-0.15, -0.1) is 5.06 Å². The number of hydrogen-bond donors (Lipinski definition) is 0. The number of hydrogen-bond acceptors (Lipinski definition) is 10. The van der Waals surface area contributed by atoms with Crippen LogP contribution in [0.4, 0.5) is 5.69 Å². The highest BCUT2D eigenvalue weighted by atomic mass is 32.2. The van der Waals surface area contributed by atoms with Gasteiger partial charge < -0.3 is 23.6 Å². The molecule has 1 saturated heterocycles. The standard InChI is InChI=1S/C45H51N5O8S/c1-6-27-24-44(2,3)48-19-10-12-29-39(48)31(27)22-33-38(43-46-17-21-47(43)18-9-7-8-14-37(53)58-50-35(51)15-16-36(50)52)34-23-32-28(26-59(54,55)56)25-45(4,5)49-20-11-13-30(40(32)49)42(34)57-41(29)33/h17,21-25H,6-16,18-20,26H2,1-5H3. The lowest BCUT2D eigenvalue weighted by atomic mass is 9.79. The van der Waals surface area contributed by atoms with Gasteiger partial charge in [0, 0.05) is 92.5 Å². The molecular weight excluding hydrogens is 771 g/mol. The van der Waals surface area contributed by atoms with Crippen molar-refractivity contribution < 1.29 is 36.9 Å². The van der Waals surface area contributed by atoms with Crippen LogP contribution in [-0.2, 0) is 48.7 Å². The number of benzene rings is 2. The van der Waals surface area contributed by atoms with Crippen molar-refractivity contribution in [3.8, 4) is 11.5 Å². The number of hydroxylamine groups is 2. The summed E-state index contributed by atoms with van der Waals surface area (Å²) in [6, 6.07) is 4.31. The molecule has 0 unspecified atom stereocenters. The molecule has 13 nitrogen and oxygen atoms in total. The van der Waals surface area contributed by atoms with Crippen molar-refractivity contribution in [3.05, 3.63) is 80.9 Å². The van der Waals surface area contributed by atoms with Gasteiger partial charge in [0.2, 0.25) is 5.36 Å². The predicted octanol–water partition coefficient (Wildman–Crippen LogP) is 4.90. The lowest BCUT2D eigenvalue weighted by Gasteiger charge is -2.48. The number of aromatic nitrogens is 2. The molecule has 59 heavy (non-hydrogen) atoms. The van der Waals surface area contributed by atoms with Crippen LogP contribution in [0.2, 0.25) is 0 Å². The molecule has 9 rings (SSSR count). The Labute approximate surface area is 344 Å². The maximum Gasteiger partial charge on any atom is 0.333 e. The van der Waals surface area contributed by atoms with Crippen LogP contribution in [0, 0.1) is 0 Å². The molecule has 0 N–H and O–H groups in total. The third-order valence-corrected chi connectivity index (χ3v) is 13.5. The van der Waals surface area contributed by atoms with Crippen LogP contribution in [0.25, 0.3) is 16.7 Å². The molecule has 0 spiro atoms. The molecule has 6 aliphatic rings. The number of anilines is 1. The first-order valence-electron chi connectivity index (χ1n) is 21.0. The second kappa shape index (κ2) is 14.3. The van der Waals surface area contributed by atoms with Gasteiger partial charge in [-0.2, -0.15) is 0 Å². The molecule has 6 aliphatic heterocycles. The first-order valence-corrected chi connectivity index (χ1v) is 22.6. The van der Waals surface area contributed by atoms with Crippen molar-refractivity contribution in [1.82, 2.24) is 19.2 Å². The third kappa shape index (κ3) is 6.72. The van der Waals surface area contributed by atoms with E-state index in [0.717, 1.165) is 102 Å². The number of allylic oxidation sites excluding steroid dienone is 1. The van der Waals surface area contributed by atoms with Crippen LogP contribution in [0.3, 0.4) is 0 Å². The summed E-state index contributed by atoms with van der Waals surface area (Å²) in [5.41, 5.74) is 7.89. The highest BCUT2D eigenvalue weighted by molar-refractivity contribution is 7.86. The summed E-state index contributed by atoms with van der Waals surface area (Å²) >= 11 is 0. The number of rotatable bonds is 11. The molecule has 1 fully saturated rings. The van der Waals surface area contributed by atoms with Crippen molar-refractivity contribution in [3.63, 3.8) is 0 Å². The van der Waals surface area contributed by atoms with E-state index in [0.29, 0.717) is 30.0 Å². The summed E-state index contributed by atoms with van der Waals surface area (Å²) in [5, 5.41) is 2.76. The van der Waals surface area contributed by atoms with Gasteiger partial charge in [0.1, 0.15) is 23.9 Å². The third-order valence-electron chi connectivity index (χ3n) is 12.9. The van der Waals surface area contributed by atoms with Crippen molar-refractivity contribution in [1.29, 1.82) is 0 Å². The summed E-state index contributed by atoms with van der Waals surface area (Å²) in [4.78, 5) is 48.7. The number of ether oxygens (including phenoxy) is 1. The van der Waals surface area contributed by atoms with E-state index in [9.17, 15) is 27.4 Å². The summed E-state index contributed by atoms with van der Waals surface area (Å²) < 4.78 is 49.3. The molecule has 2 amide bonds. The Bertz CT molecular complexity index is 2650. The maximum atomic E-state index is 12.5. The van der Waals surface area contributed by atoms with E-state index in [1.807, 2.05) is 18.3 Å². The molecule has 3 aromatic rings. The van der Waals surface area contributed by atoms with Crippen LogP contribution in [-0.4, -0.2) is 75.3 Å². The lowest BCUT2D eigenvalue weighted by molar-refractivity contribution is -0.197. The minimum atomic E-state index is -4.60. The Hall–Kier alpha value is -5.08. The quantitative estimate of drug-likeness (QED) is 0.0884. The average Bonchev–Trinajstić information content (AvgIpc) is 3.77. The van der Waals surface area contributed by atoms with E-state index in [1.165, 1.54) is 22.1 Å². The Morgan fingerprint density at radius 2 is 1.69 bits per heavy atom. The summed E-state index contributed by atoms with van der Waals surface area (Å²) in [6.45, 7) is 13.2. The number of nitrogens with zero attached hydrogens (tertiary/aromatic N) is 5. The number of amides is 2. The van der Waals surface area contributed by atoms with Gasteiger partial charge in [-0.25, -0.2) is 22.8 Å². The first kappa shape index (κ1) is 39.4. The fourth-order valence-electron chi connectivity index (χ4n) is 10.3. The monoisotopic (exact) mass is 821 g/mol. The minimum Gasteiger partial charge on any atom is -0.748 e. The Morgan fingerprint density at radius 1 is 0.932 bits per heavy atom. The van der Waals surface area contributed by atoms with Crippen LogP contribution < -0.4 is 24.8 Å². The van der Waals surface area contributed by atoms with Crippen LogP contribution >= 0.6 is 0 Å². The number of imide groups is 1. The normalized spacial score (nSPS) is 19.7. The zero-order valence-electron chi connectivity index (χ0n) is 34.5. The molecule has 310 valence electrons. The second-order valence-electron chi connectivity index (χ2n) is 17.7. The summed E-state index contributed by atoms with van der Waals surface area (Å²) in [5.74, 6) is 0.146. The van der Waals surface area contributed by atoms with E-state index in [-0.39, 0.29) is 24.8 Å². The number of aryl methyl sites for hydroxylation is 1. The van der Waals surface area contributed by atoms with E-state index in [4.69, 9.17) is 14.6 Å². The number of unbranched alkanes of at least 4 members (excludes halogenated alkanes) is 2. The first-order chi connectivity index (χ1) is 28.1. The Balaban J connectivity index is 1.18. The van der Waals surface area contributed by atoms with Gasteiger partial charge in [-0.05, 0) is 81.7 Å². The lowest BCUT2D eigenvalue weighted by Crippen LogP contribution is -2.53. The molecule has 0 aliphatic carbocycles. The number of fused-ring (bicyclic) bond motifs is 4. The molecule has 14 heteroatoms. The molecule has 0 radical (unpaired) electrons. The molecule has 0 bridgehead atoms. The average molecular weight is 822 g/mol. The van der Waals surface area contributed by atoms with Crippen LogP contribution in [0.5, 0.6) is 11.5 Å². The van der Waals surface area contributed by atoms with Gasteiger partial charge in [-0.1, -0.05) is 19.4 Å². The van der Waals surface area contributed by atoms with E-state index < -0.39 is 39.2 Å². The Kier molecular flexibility index (Phi) is 9.54. The van der Waals surface area contributed by atoms with Crippen molar-refractivity contribution in [2.45, 2.75) is 123 Å². The highest BCUT2D eigenvalue weighted by Crippen LogP contribution is 2.52. The molecule has 0 atom stereocenters. The summed E-state index contributed by atoms with van der Waals surface area (Å²) in [6.07, 6.45) is 14.5. The molecule has 0 saturated carbocycles. The highest BCUT2D eigenvalue weighted by Gasteiger charge is 2.43. The second-order valence-corrected chi connectivity index (χ2v) is 19.1. The fraction of sp³-hybridized carbons (Fsp3) is 0.489. The van der Waals surface area contributed by atoms with E-state index >= 15 is 0 Å². The van der Waals surface area contributed by atoms with Gasteiger partial charge in [-0.3, -0.25) is 9.59 Å². The van der Waals surface area contributed by atoms with E-state index in [2.05, 4.69) is 60.8 Å². The smallest absolute Gasteiger partial charge is 0.333 e.